The van der Waals surface area contributed by atoms with Gasteiger partial charge in [0.25, 0.3) is 0 Å². The first-order valence-corrected chi connectivity index (χ1v) is 6.56. The summed E-state index contributed by atoms with van der Waals surface area (Å²) in [7, 11) is 0. The average molecular weight is 284 g/mol. The van der Waals surface area contributed by atoms with Crippen LogP contribution in [-0.4, -0.2) is 38.6 Å². The molecular formula is C12H20N4O4. The van der Waals surface area contributed by atoms with Crippen LogP contribution >= 0.6 is 0 Å². The largest absolute Gasteiger partial charge is 0.396 e. The quantitative estimate of drug-likeness (QED) is 0.394. The Balaban J connectivity index is 2.17. The molecular weight excluding hydrogens is 264 g/mol. The maximum Gasteiger partial charge on any atom is 0.381 e. The molecule has 8 heteroatoms. The van der Waals surface area contributed by atoms with Gasteiger partial charge in [0.05, 0.1) is 0 Å². The highest BCUT2D eigenvalue weighted by atomic mass is 16.6. The molecule has 0 saturated carbocycles. The third-order valence-electron chi connectivity index (χ3n) is 2.91. The molecule has 20 heavy (non-hydrogen) atoms. The van der Waals surface area contributed by atoms with E-state index in [9.17, 15) is 14.9 Å². The lowest BCUT2D eigenvalue weighted by Gasteiger charge is -2.08. The van der Waals surface area contributed by atoms with E-state index in [1.807, 2.05) is 6.92 Å². The molecule has 0 radical (unpaired) electrons. The predicted molar refractivity (Wildman–Crippen MR) is 72.0 cm³/mol. The average Bonchev–Trinajstić information content (AvgIpc) is 2.90. The maximum absolute atomic E-state index is 11.5. The first kappa shape index (κ1) is 16.1. The zero-order valence-electron chi connectivity index (χ0n) is 11.5. The van der Waals surface area contributed by atoms with Gasteiger partial charge in [0.1, 0.15) is 6.20 Å². The van der Waals surface area contributed by atoms with E-state index in [4.69, 9.17) is 5.11 Å². The van der Waals surface area contributed by atoms with Crippen molar-refractivity contribution in [3.8, 4) is 0 Å². The summed E-state index contributed by atoms with van der Waals surface area (Å²) in [4.78, 5) is 25.0. The van der Waals surface area contributed by atoms with Crippen LogP contribution in [0.25, 0.3) is 0 Å². The minimum absolute atomic E-state index is 0.0991. The Labute approximate surface area is 117 Å². The number of nitro groups is 1. The molecule has 0 aliphatic heterocycles. The summed E-state index contributed by atoms with van der Waals surface area (Å²) >= 11 is 0. The molecule has 1 rings (SSSR count). The van der Waals surface area contributed by atoms with Gasteiger partial charge in [-0.05, 0) is 28.7 Å². The molecule has 1 unspecified atom stereocenters. The topological polar surface area (TPSA) is 110 Å². The van der Waals surface area contributed by atoms with Crippen LogP contribution in [0.15, 0.2) is 12.5 Å². The Bertz CT molecular complexity index is 446. The number of aromatic nitrogens is 2. The fourth-order valence-corrected chi connectivity index (χ4v) is 1.65. The summed E-state index contributed by atoms with van der Waals surface area (Å²) in [5.41, 5.74) is 0. The molecule has 0 spiro atoms. The third-order valence-corrected chi connectivity index (χ3v) is 2.91. The zero-order chi connectivity index (χ0) is 15.0. The van der Waals surface area contributed by atoms with Crippen LogP contribution in [-0.2, 0) is 11.3 Å². The standard InChI is InChI=1S/C12H20N4O4/c1-10(8-17)3-2-5-13-12(18)4-6-15-7-11(14-9-15)16(19)20/h7,9-10,17H,2-6,8H2,1H3,(H,13,18). The molecule has 0 aliphatic rings. The number of amides is 1. The summed E-state index contributed by atoms with van der Waals surface area (Å²) in [6.07, 6.45) is 4.59. The van der Waals surface area contributed by atoms with E-state index in [1.54, 1.807) is 0 Å². The number of hydrogen-bond acceptors (Lipinski definition) is 5. The lowest BCUT2D eigenvalue weighted by atomic mass is 10.1. The van der Waals surface area contributed by atoms with Crippen molar-refractivity contribution in [2.75, 3.05) is 13.2 Å². The monoisotopic (exact) mass is 284 g/mol. The van der Waals surface area contributed by atoms with E-state index in [2.05, 4.69) is 10.3 Å². The number of aryl methyl sites for hydroxylation is 1. The second kappa shape index (κ2) is 8.26. The number of rotatable bonds is 9. The number of hydrogen-bond donors (Lipinski definition) is 2. The summed E-state index contributed by atoms with van der Waals surface area (Å²) in [6.45, 7) is 3.05. The van der Waals surface area contributed by atoms with Gasteiger partial charge in [-0.2, -0.15) is 0 Å². The first-order chi connectivity index (χ1) is 9.52. The number of aliphatic hydroxyl groups is 1. The minimum atomic E-state index is -0.571. The summed E-state index contributed by atoms with van der Waals surface area (Å²) in [5.74, 6) is -0.0696. The summed E-state index contributed by atoms with van der Waals surface area (Å²) in [6, 6.07) is 0. The van der Waals surface area contributed by atoms with Crippen molar-refractivity contribution in [3.05, 3.63) is 22.6 Å². The summed E-state index contributed by atoms with van der Waals surface area (Å²) in [5, 5.41) is 22.1. The van der Waals surface area contributed by atoms with Crippen molar-refractivity contribution < 1.29 is 14.8 Å². The highest BCUT2D eigenvalue weighted by Crippen LogP contribution is 2.06. The smallest absolute Gasteiger partial charge is 0.381 e. The fraction of sp³-hybridized carbons (Fsp3) is 0.667. The summed E-state index contributed by atoms with van der Waals surface area (Å²) < 4.78 is 1.52. The third kappa shape index (κ3) is 5.79. The molecule has 112 valence electrons. The SMILES string of the molecule is CC(CO)CCCNC(=O)CCn1cnc([N+](=O)[O-])c1. The van der Waals surface area contributed by atoms with Crippen molar-refractivity contribution >= 4 is 11.7 Å². The molecule has 0 aromatic carbocycles. The van der Waals surface area contributed by atoms with Gasteiger partial charge in [0, 0.05) is 26.1 Å². The molecule has 1 heterocycles. The number of aliphatic hydroxyl groups excluding tert-OH is 1. The van der Waals surface area contributed by atoms with E-state index < -0.39 is 4.92 Å². The van der Waals surface area contributed by atoms with Crippen molar-refractivity contribution in [2.45, 2.75) is 32.7 Å². The molecule has 0 bridgehead atoms. The van der Waals surface area contributed by atoms with Crippen LogP contribution in [0.5, 0.6) is 0 Å². The van der Waals surface area contributed by atoms with Gasteiger partial charge >= 0.3 is 5.82 Å². The van der Waals surface area contributed by atoms with Gasteiger partial charge in [-0.3, -0.25) is 4.79 Å². The van der Waals surface area contributed by atoms with E-state index >= 15 is 0 Å². The second-order valence-corrected chi connectivity index (χ2v) is 4.76. The predicted octanol–water partition coefficient (Wildman–Crippen LogP) is 0.706. The molecule has 1 atom stereocenters. The Hall–Kier alpha value is -1.96. The molecule has 0 fully saturated rings. The van der Waals surface area contributed by atoms with Crippen LogP contribution in [0.2, 0.25) is 0 Å². The van der Waals surface area contributed by atoms with Crippen molar-refractivity contribution in [1.29, 1.82) is 0 Å². The molecule has 1 aromatic heterocycles. The fourth-order valence-electron chi connectivity index (χ4n) is 1.65. The van der Waals surface area contributed by atoms with Crippen molar-refractivity contribution in [3.63, 3.8) is 0 Å². The highest BCUT2D eigenvalue weighted by Gasteiger charge is 2.10. The van der Waals surface area contributed by atoms with Crippen LogP contribution in [0.4, 0.5) is 5.82 Å². The Morgan fingerprint density at radius 1 is 1.65 bits per heavy atom. The lowest BCUT2D eigenvalue weighted by Crippen LogP contribution is -2.25. The van der Waals surface area contributed by atoms with Crippen LogP contribution < -0.4 is 5.32 Å². The van der Waals surface area contributed by atoms with Gasteiger partial charge in [-0.25, -0.2) is 0 Å². The number of imidazole rings is 1. The number of carbonyl (C=O) groups is 1. The van der Waals surface area contributed by atoms with E-state index in [1.165, 1.54) is 17.1 Å². The Kier molecular flexibility index (Phi) is 6.65. The lowest BCUT2D eigenvalue weighted by molar-refractivity contribution is -0.389. The molecule has 1 aromatic rings. The van der Waals surface area contributed by atoms with Gasteiger partial charge in [0.15, 0.2) is 0 Å². The van der Waals surface area contributed by atoms with Gasteiger partial charge in [-0.1, -0.05) is 6.92 Å². The molecule has 2 N–H and O–H groups in total. The molecule has 0 saturated heterocycles. The number of carbonyl (C=O) groups excluding carboxylic acids is 1. The normalized spacial score (nSPS) is 12.1. The van der Waals surface area contributed by atoms with Gasteiger partial charge in [-0.15, -0.1) is 0 Å². The van der Waals surface area contributed by atoms with Crippen LogP contribution in [0, 0.1) is 16.0 Å². The van der Waals surface area contributed by atoms with Crippen molar-refractivity contribution in [1.82, 2.24) is 14.9 Å². The van der Waals surface area contributed by atoms with E-state index in [0.29, 0.717) is 13.1 Å². The number of nitrogens with zero attached hydrogens (tertiary/aromatic N) is 3. The molecule has 0 aliphatic carbocycles. The molecule has 8 nitrogen and oxygen atoms in total. The van der Waals surface area contributed by atoms with Crippen molar-refractivity contribution in [2.24, 2.45) is 5.92 Å². The number of nitrogens with one attached hydrogen (secondary N) is 1. The van der Waals surface area contributed by atoms with Gasteiger partial charge in [0.2, 0.25) is 12.2 Å². The van der Waals surface area contributed by atoms with E-state index in [-0.39, 0.29) is 30.7 Å². The molecule has 1 amide bonds. The Morgan fingerprint density at radius 3 is 3.00 bits per heavy atom. The van der Waals surface area contributed by atoms with Crippen LogP contribution in [0.1, 0.15) is 26.2 Å². The minimum Gasteiger partial charge on any atom is -0.396 e. The first-order valence-electron chi connectivity index (χ1n) is 6.56. The Morgan fingerprint density at radius 2 is 2.40 bits per heavy atom. The maximum atomic E-state index is 11.5. The van der Waals surface area contributed by atoms with Gasteiger partial charge < -0.3 is 25.1 Å². The van der Waals surface area contributed by atoms with E-state index in [0.717, 1.165) is 12.8 Å². The second-order valence-electron chi connectivity index (χ2n) is 4.76. The van der Waals surface area contributed by atoms with Crippen LogP contribution in [0.3, 0.4) is 0 Å². The zero-order valence-corrected chi connectivity index (χ0v) is 11.5. The highest BCUT2D eigenvalue weighted by molar-refractivity contribution is 5.75.